The first kappa shape index (κ1) is 15.6. The molecule has 2 aromatic rings. The van der Waals surface area contributed by atoms with Crippen molar-refractivity contribution < 1.29 is 14.2 Å². The van der Waals surface area contributed by atoms with E-state index in [0.717, 1.165) is 18.6 Å². The van der Waals surface area contributed by atoms with E-state index in [1.165, 1.54) is 16.3 Å². The molecule has 1 aliphatic heterocycles. The summed E-state index contributed by atoms with van der Waals surface area (Å²) in [6.07, 6.45) is 1.68. The van der Waals surface area contributed by atoms with E-state index in [1.807, 2.05) is 6.07 Å². The molecule has 1 heterocycles. The van der Waals surface area contributed by atoms with Crippen LogP contribution >= 0.6 is 11.6 Å². The van der Waals surface area contributed by atoms with E-state index in [-0.39, 0.29) is 12.2 Å². The maximum absolute atomic E-state index is 5.84. The van der Waals surface area contributed by atoms with Gasteiger partial charge in [-0.05, 0) is 41.3 Å². The Morgan fingerprint density at radius 1 is 1.18 bits per heavy atom. The van der Waals surface area contributed by atoms with Crippen LogP contribution in [0.5, 0.6) is 5.75 Å². The molecular weight excluding hydrogens is 300 g/mol. The largest absolute Gasteiger partial charge is 0.497 e. The topological polar surface area (TPSA) is 27.7 Å². The van der Waals surface area contributed by atoms with Gasteiger partial charge >= 0.3 is 0 Å². The van der Waals surface area contributed by atoms with Crippen molar-refractivity contribution in [3.8, 4) is 5.75 Å². The molecule has 0 radical (unpaired) electrons. The number of benzene rings is 2. The zero-order chi connectivity index (χ0) is 15.4. The number of ether oxygens (including phenoxy) is 3. The molecule has 0 saturated carbocycles. The van der Waals surface area contributed by atoms with Crippen molar-refractivity contribution in [1.29, 1.82) is 0 Å². The molecule has 1 fully saturated rings. The van der Waals surface area contributed by atoms with Crippen LogP contribution in [-0.2, 0) is 9.47 Å². The lowest BCUT2D eigenvalue weighted by molar-refractivity contribution is -0.189. The van der Waals surface area contributed by atoms with Crippen molar-refractivity contribution in [2.45, 2.75) is 25.0 Å². The van der Waals surface area contributed by atoms with Gasteiger partial charge in [-0.3, -0.25) is 0 Å². The van der Waals surface area contributed by atoms with Gasteiger partial charge in [-0.25, -0.2) is 0 Å². The van der Waals surface area contributed by atoms with Gasteiger partial charge in [-0.1, -0.05) is 24.3 Å². The van der Waals surface area contributed by atoms with E-state index in [9.17, 15) is 0 Å². The summed E-state index contributed by atoms with van der Waals surface area (Å²) in [5.41, 5.74) is 1.27. The predicted octanol–water partition coefficient (Wildman–Crippen LogP) is 4.32. The quantitative estimate of drug-likeness (QED) is 0.768. The van der Waals surface area contributed by atoms with Gasteiger partial charge in [0.15, 0.2) is 6.29 Å². The number of alkyl halides is 1. The van der Waals surface area contributed by atoms with Crippen molar-refractivity contribution in [2.24, 2.45) is 0 Å². The van der Waals surface area contributed by atoms with Crippen molar-refractivity contribution in [2.75, 3.05) is 26.2 Å². The third-order valence-electron chi connectivity index (χ3n) is 4.10. The molecule has 0 aliphatic carbocycles. The molecule has 0 unspecified atom stereocenters. The Morgan fingerprint density at radius 2 is 2.00 bits per heavy atom. The summed E-state index contributed by atoms with van der Waals surface area (Å²) < 4.78 is 17.0. The Bertz CT molecular complexity index is 621. The van der Waals surface area contributed by atoms with Gasteiger partial charge in [0, 0.05) is 11.8 Å². The van der Waals surface area contributed by atoms with Crippen molar-refractivity contribution in [3.05, 3.63) is 42.0 Å². The van der Waals surface area contributed by atoms with Crippen LogP contribution in [0.25, 0.3) is 10.8 Å². The van der Waals surface area contributed by atoms with Crippen LogP contribution in [0, 0.1) is 0 Å². The Kier molecular flexibility index (Phi) is 5.19. The molecule has 0 amide bonds. The van der Waals surface area contributed by atoms with Gasteiger partial charge < -0.3 is 14.2 Å². The standard InChI is InChI=1S/C18H21ClO3/c1-20-15-7-8-17-13(10-15)4-2-5-16(17)14-11-21-18(22-12-14)6-3-9-19/h2,4-5,7-8,10,14,18H,3,6,9,11-12H2,1H3. The molecule has 3 nitrogen and oxygen atoms in total. The normalized spacial score (nSPS) is 21.9. The smallest absolute Gasteiger partial charge is 0.157 e. The summed E-state index contributed by atoms with van der Waals surface area (Å²) in [6.45, 7) is 1.39. The first-order valence-electron chi connectivity index (χ1n) is 7.67. The summed E-state index contributed by atoms with van der Waals surface area (Å²) in [5, 5.41) is 2.42. The molecule has 4 heteroatoms. The van der Waals surface area contributed by atoms with Gasteiger partial charge in [0.25, 0.3) is 0 Å². The summed E-state index contributed by atoms with van der Waals surface area (Å²) in [4.78, 5) is 0. The maximum Gasteiger partial charge on any atom is 0.157 e. The highest BCUT2D eigenvalue weighted by Gasteiger charge is 2.24. The monoisotopic (exact) mass is 320 g/mol. The molecule has 3 rings (SSSR count). The first-order chi connectivity index (χ1) is 10.8. The highest BCUT2D eigenvalue weighted by molar-refractivity contribution is 6.17. The average molecular weight is 321 g/mol. The Morgan fingerprint density at radius 3 is 2.73 bits per heavy atom. The van der Waals surface area contributed by atoms with E-state index < -0.39 is 0 Å². The second kappa shape index (κ2) is 7.32. The van der Waals surface area contributed by atoms with Crippen LogP contribution in [0.4, 0.5) is 0 Å². The molecule has 1 saturated heterocycles. The van der Waals surface area contributed by atoms with Crippen LogP contribution in [0.3, 0.4) is 0 Å². The molecular formula is C18H21ClO3. The molecule has 0 N–H and O–H groups in total. The average Bonchev–Trinajstić information content (AvgIpc) is 2.59. The number of halogens is 1. The molecule has 0 aromatic heterocycles. The fourth-order valence-electron chi connectivity index (χ4n) is 2.90. The molecule has 118 valence electrons. The SMILES string of the molecule is COc1ccc2c(C3COC(CCCCl)OC3)cccc2c1. The maximum atomic E-state index is 5.84. The lowest BCUT2D eigenvalue weighted by atomic mass is 9.94. The second-order valence-corrected chi connectivity index (χ2v) is 5.94. The van der Waals surface area contributed by atoms with Gasteiger partial charge in [-0.15, -0.1) is 11.6 Å². The summed E-state index contributed by atoms with van der Waals surface area (Å²) in [5.74, 6) is 1.80. The fraction of sp³-hybridized carbons (Fsp3) is 0.444. The number of methoxy groups -OCH3 is 1. The Labute approximate surface area is 136 Å². The number of hydrogen-bond acceptors (Lipinski definition) is 3. The van der Waals surface area contributed by atoms with Gasteiger partial charge in [0.1, 0.15) is 5.75 Å². The fourth-order valence-corrected chi connectivity index (χ4v) is 3.06. The predicted molar refractivity (Wildman–Crippen MR) is 88.9 cm³/mol. The number of hydrogen-bond donors (Lipinski definition) is 0. The summed E-state index contributed by atoms with van der Waals surface area (Å²) in [7, 11) is 1.69. The van der Waals surface area contributed by atoms with Crippen molar-refractivity contribution >= 4 is 22.4 Å². The van der Waals surface area contributed by atoms with Crippen LogP contribution in [0.15, 0.2) is 36.4 Å². The number of fused-ring (bicyclic) bond motifs is 1. The molecule has 1 aliphatic rings. The molecule has 0 atom stereocenters. The highest BCUT2D eigenvalue weighted by Crippen LogP contribution is 2.31. The molecule has 0 bridgehead atoms. The van der Waals surface area contributed by atoms with E-state index in [0.29, 0.717) is 19.1 Å². The van der Waals surface area contributed by atoms with Crippen LogP contribution in [0.2, 0.25) is 0 Å². The Balaban J connectivity index is 1.77. The second-order valence-electron chi connectivity index (χ2n) is 5.56. The van der Waals surface area contributed by atoms with Crippen molar-refractivity contribution in [3.63, 3.8) is 0 Å². The summed E-state index contributed by atoms with van der Waals surface area (Å²) in [6, 6.07) is 12.5. The number of rotatable bonds is 5. The van der Waals surface area contributed by atoms with Gasteiger partial charge in [0.05, 0.1) is 20.3 Å². The third kappa shape index (κ3) is 3.37. The summed E-state index contributed by atoms with van der Waals surface area (Å²) >= 11 is 5.71. The molecule has 22 heavy (non-hydrogen) atoms. The van der Waals surface area contributed by atoms with E-state index >= 15 is 0 Å². The van der Waals surface area contributed by atoms with Crippen LogP contribution in [-0.4, -0.2) is 32.5 Å². The van der Waals surface area contributed by atoms with E-state index in [2.05, 4.69) is 30.3 Å². The van der Waals surface area contributed by atoms with Crippen LogP contribution < -0.4 is 4.74 Å². The highest BCUT2D eigenvalue weighted by atomic mass is 35.5. The zero-order valence-electron chi connectivity index (χ0n) is 12.8. The third-order valence-corrected chi connectivity index (χ3v) is 4.37. The lowest BCUT2D eigenvalue weighted by Crippen LogP contribution is -2.30. The van der Waals surface area contributed by atoms with E-state index in [4.69, 9.17) is 25.8 Å². The van der Waals surface area contributed by atoms with E-state index in [1.54, 1.807) is 7.11 Å². The van der Waals surface area contributed by atoms with Crippen molar-refractivity contribution in [1.82, 2.24) is 0 Å². The van der Waals surface area contributed by atoms with Crippen LogP contribution in [0.1, 0.15) is 24.3 Å². The minimum Gasteiger partial charge on any atom is -0.497 e. The Hall–Kier alpha value is -1.29. The molecule has 0 spiro atoms. The lowest BCUT2D eigenvalue weighted by Gasteiger charge is -2.30. The zero-order valence-corrected chi connectivity index (χ0v) is 13.5. The first-order valence-corrected chi connectivity index (χ1v) is 8.21. The van der Waals surface area contributed by atoms with Gasteiger partial charge in [-0.2, -0.15) is 0 Å². The molecule has 2 aromatic carbocycles. The minimum atomic E-state index is -0.106. The van der Waals surface area contributed by atoms with Gasteiger partial charge in [0.2, 0.25) is 0 Å². The minimum absolute atomic E-state index is 0.106.